The second kappa shape index (κ2) is 7.84. The van der Waals surface area contributed by atoms with Crippen LogP contribution in [0.3, 0.4) is 0 Å². The van der Waals surface area contributed by atoms with Gasteiger partial charge in [-0.1, -0.05) is 13.3 Å². The molecule has 22 heavy (non-hydrogen) atoms. The predicted octanol–water partition coefficient (Wildman–Crippen LogP) is 2.05. The molecule has 1 N–H and O–H groups in total. The number of hydrazone groups is 1. The molecular formula is C15H19F2N3O2. The smallest absolute Gasteiger partial charge is 0.227 e. The fraction of sp³-hybridized carbons (Fsp3) is 0.467. The third kappa shape index (κ3) is 3.79. The molecule has 1 fully saturated rings. The molecule has 2 rings (SSSR count). The van der Waals surface area contributed by atoms with E-state index in [4.69, 9.17) is 4.74 Å². The highest BCUT2D eigenvalue weighted by atomic mass is 19.1. The van der Waals surface area contributed by atoms with Gasteiger partial charge in [-0.25, -0.2) is 14.2 Å². The van der Waals surface area contributed by atoms with Gasteiger partial charge in [0.05, 0.1) is 18.9 Å². The number of anilines is 1. The number of morpholine rings is 1. The van der Waals surface area contributed by atoms with Gasteiger partial charge in [0.2, 0.25) is 6.41 Å². The lowest BCUT2D eigenvalue weighted by Gasteiger charge is -2.29. The zero-order valence-corrected chi connectivity index (χ0v) is 12.4. The summed E-state index contributed by atoms with van der Waals surface area (Å²) >= 11 is 0. The Morgan fingerprint density at radius 2 is 2.00 bits per heavy atom. The maximum Gasteiger partial charge on any atom is 0.227 e. The average Bonchev–Trinajstić information content (AvgIpc) is 2.51. The normalized spacial score (nSPS) is 15.8. The number of nitrogens with one attached hydrogen (secondary N) is 1. The van der Waals surface area contributed by atoms with Crippen LogP contribution in [0.25, 0.3) is 0 Å². The van der Waals surface area contributed by atoms with Crippen LogP contribution in [0.15, 0.2) is 17.2 Å². The first-order valence-electron chi connectivity index (χ1n) is 7.25. The molecule has 0 atom stereocenters. The van der Waals surface area contributed by atoms with Gasteiger partial charge in [0.1, 0.15) is 17.3 Å². The van der Waals surface area contributed by atoms with Crippen LogP contribution >= 0.6 is 0 Å². The van der Waals surface area contributed by atoms with Crippen molar-refractivity contribution in [1.82, 2.24) is 5.43 Å². The standard InChI is InChI=1S/C15H19F2N3O2/c1-2-3-14(19-18-10-21)11-8-12(16)15(13(17)9-11)20-4-6-22-7-5-20/h8-10H,2-7H2,1H3,(H,18,21)/b19-14+. The van der Waals surface area contributed by atoms with Crippen LogP contribution < -0.4 is 10.3 Å². The number of ether oxygens (including phenoxy) is 1. The topological polar surface area (TPSA) is 53.9 Å². The fourth-order valence-corrected chi connectivity index (χ4v) is 2.43. The van der Waals surface area contributed by atoms with Crippen LogP contribution in [0, 0.1) is 11.6 Å². The van der Waals surface area contributed by atoms with Crippen molar-refractivity contribution in [1.29, 1.82) is 0 Å². The molecule has 120 valence electrons. The fourth-order valence-electron chi connectivity index (χ4n) is 2.43. The SMILES string of the molecule is CCC/C(=N\NC=O)c1cc(F)c(N2CCOCC2)c(F)c1. The van der Waals surface area contributed by atoms with Crippen molar-refractivity contribution in [3.63, 3.8) is 0 Å². The van der Waals surface area contributed by atoms with Gasteiger partial charge in [-0.2, -0.15) is 5.10 Å². The van der Waals surface area contributed by atoms with Crippen molar-refractivity contribution in [3.05, 3.63) is 29.3 Å². The second-order valence-corrected chi connectivity index (χ2v) is 4.94. The molecule has 1 saturated heterocycles. The Hall–Kier alpha value is -2.02. The minimum absolute atomic E-state index is 0.0359. The largest absolute Gasteiger partial charge is 0.378 e. The van der Waals surface area contributed by atoms with Gasteiger partial charge in [0.15, 0.2) is 0 Å². The first kappa shape index (κ1) is 16.4. The van der Waals surface area contributed by atoms with E-state index in [1.54, 1.807) is 4.90 Å². The van der Waals surface area contributed by atoms with E-state index in [0.717, 1.165) is 6.42 Å². The summed E-state index contributed by atoms with van der Waals surface area (Å²) < 4.78 is 33.9. The monoisotopic (exact) mass is 311 g/mol. The summed E-state index contributed by atoms with van der Waals surface area (Å²) in [4.78, 5) is 12.0. The summed E-state index contributed by atoms with van der Waals surface area (Å²) in [6.07, 6.45) is 1.68. The van der Waals surface area contributed by atoms with Crippen molar-refractivity contribution < 1.29 is 18.3 Å². The molecule has 0 aromatic heterocycles. The van der Waals surface area contributed by atoms with Crippen molar-refractivity contribution in [2.24, 2.45) is 5.10 Å². The van der Waals surface area contributed by atoms with Crippen LogP contribution in [0.1, 0.15) is 25.3 Å². The van der Waals surface area contributed by atoms with Gasteiger partial charge in [-0.15, -0.1) is 0 Å². The summed E-state index contributed by atoms with van der Waals surface area (Å²) in [5.41, 5.74) is 2.93. The molecule has 0 saturated carbocycles. The zero-order chi connectivity index (χ0) is 15.9. The molecule has 0 unspecified atom stereocenters. The van der Waals surface area contributed by atoms with Crippen LogP contribution in [-0.4, -0.2) is 38.4 Å². The van der Waals surface area contributed by atoms with E-state index in [1.807, 2.05) is 6.92 Å². The van der Waals surface area contributed by atoms with Crippen LogP contribution in [0.2, 0.25) is 0 Å². The van der Waals surface area contributed by atoms with Crippen LogP contribution in [0.4, 0.5) is 14.5 Å². The number of hydrogen-bond acceptors (Lipinski definition) is 4. The summed E-state index contributed by atoms with van der Waals surface area (Å²) in [6, 6.07) is 2.52. The maximum atomic E-state index is 14.4. The molecule has 1 aliphatic rings. The van der Waals surface area contributed by atoms with Crippen molar-refractivity contribution in [3.8, 4) is 0 Å². The summed E-state index contributed by atoms with van der Waals surface area (Å²) in [5, 5.41) is 3.86. The Bertz CT molecular complexity index is 535. The lowest BCUT2D eigenvalue weighted by molar-refractivity contribution is -0.109. The second-order valence-electron chi connectivity index (χ2n) is 4.94. The van der Waals surface area contributed by atoms with Gasteiger partial charge < -0.3 is 9.64 Å². The van der Waals surface area contributed by atoms with Crippen LogP contribution in [-0.2, 0) is 9.53 Å². The summed E-state index contributed by atoms with van der Waals surface area (Å²) in [7, 11) is 0. The highest BCUT2D eigenvalue weighted by Crippen LogP contribution is 2.26. The predicted molar refractivity (Wildman–Crippen MR) is 80.0 cm³/mol. The molecule has 0 radical (unpaired) electrons. The molecular weight excluding hydrogens is 292 g/mol. The number of amides is 1. The number of rotatable bonds is 6. The molecule has 1 amide bonds. The summed E-state index contributed by atoms with van der Waals surface area (Å²) in [6.45, 7) is 3.73. The van der Waals surface area contributed by atoms with E-state index in [1.165, 1.54) is 12.1 Å². The Morgan fingerprint density at radius 1 is 1.36 bits per heavy atom. The van der Waals surface area contributed by atoms with Crippen molar-refractivity contribution >= 4 is 17.8 Å². The van der Waals surface area contributed by atoms with Crippen molar-refractivity contribution in [2.45, 2.75) is 19.8 Å². The molecule has 1 heterocycles. The molecule has 0 bridgehead atoms. The Labute approximate surface area is 127 Å². The minimum atomic E-state index is -0.633. The van der Waals surface area contributed by atoms with Gasteiger partial charge in [0, 0.05) is 18.7 Å². The third-order valence-electron chi connectivity index (χ3n) is 3.42. The average molecular weight is 311 g/mol. The molecule has 5 nitrogen and oxygen atoms in total. The number of nitrogens with zero attached hydrogens (tertiary/aromatic N) is 2. The number of carbonyl (C=O) groups is 1. The Morgan fingerprint density at radius 3 is 2.55 bits per heavy atom. The van der Waals surface area contributed by atoms with E-state index < -0.39 is 11.6 Å². The van der Waals surface area contributed by atoms with Gasteiger partial charge in [-0.05, 0) is 18.6 Å². The Kier molecular flexibility index (Phi) is 5.83. The lowest BCUT2D eigenvalue weighted by Crippen LogP contribution is -2.37. The van der Waals surface area contributed by atoms with Gasteiger partial charge in [0.25, 0.3) is 0 Å². The third-order valence-corrected chi connectivity index (χ3v) is 3.42. The first-order valence-corrected chi connectivity index (χ1v) is 7.25. The Balaban J connectivity index is 2.33. The summed E-state index contributed by atoms with van der Waals surface area (Å²) in [5.74, 6) is -1.27. The maximum absolute atomic E-state index is 14.4. The van der Waals surface area contributed by atoms with Gasteiger partial charge >= 0.3 is 0 Å². The van der Waals surface area contributed by atoms with Crippen molar-refractivity contribution in [2.75, 3.05) is 31.2 Å². The highest BCUT2D eigenvalue weighted by molar-refractivity contribution is 6.01. The quantitative estimate of drug-likeness (QED) is 0.497. The van der Waals surface area contributed by atoms with E-state index in [-0.39, 0.29) is 5.69 Å². The van der Waals surface area contributed by atoms with Crippen LogP contribution in [0.5, 0.6) is 0 Å². The molecule has 7 heteroatoms. The van der Waals surface area contributed by atoms with E-state index in [0.29, 0.717) is 50.4 Å². The lowest BCUT2D eigenvalue weighted by atomic mass is 10.0. The number of halogens is 2. The van der Waals surface area contributed by atoms with E-state index in [9.17, 15) is 13.6 Å². The molecule has 0 aliphatic carbocycles. The minimum Gasteiger partial charge on any atom is -0.378 e. The highest BCUT2D eigenvalue weighted by Gasteiger charge is 2.21. The van der Waals surface area contributed by atoms with E-state index in [2.05, 4.69) is 10.5 Å². The van der Waals surface area contributed by atoms with E-state index >= 15 is 0 Å². The molecule has 1 aliphatic heterocycles. The zero-order valence-electron chi connectivity index (χ0n) is 12.4. The molecule has 1 aromatic carbocycles. The molecule has 0 spiro atoms. The van der Waals surface area contributed by atoms with Gasteiger partial charge in [-0.3, -0.25) is 4.79 Å². The first-order chi connectivity index (χ1) is 10.7. The molecule has 1 aromatic rings. The number of benzene rings is 1. The number of carbonyl (C=O) groups excluding carboxylic acids is 1. The number of hydrogen-bond donors (Lipinski definition) is 1.